The molecule has 0 aromatic heterocycles. The molecule has 0 bridgehead atoms. The van der Waals surface area contributed by atoms with Gasteiger partial charge in [-0.15, -0.1) is 0 Å². The van der Waals surface area contributed by atoms with Crippen LogP contribution in [0.3, 0.4) is 0 Å². The summed E-state index contributed by atoms with van der Waals surface area (Å²) in [6, 6.07) is 4.32. The van der Waals surface area contributed by atoms with Gasteiger partial charge in [0, 0.05) is 17.1 Å². The van der Waals surface area contributed by atoms with E-state index in [0.717, 1.165) is 12.8 Å². The summed E-state index contributed by atoms with van der Waals surface area (Å²) in [5.41, 5.74) is -0.693. The maximum Gasteiger partial charge on any atom is 0.224 e. The first-order chi connectivity index (χ1) is 8.90. The Morgan fingerprint density at radius 3 is 2.84 bits per heavy atom. The Morgan fingerprint density at radius 1 is 1.58 bits per heavy atom. The summed E-state index contributed by atoms with van der Waals surface area (Å²) < 4.78 is 13.5. The Balaban J connectivity index is 1.91. The number of aliphatic hydroxyl groups is 1. The van der Waals surface area contributed by atoms with Crippen LogP contribution < -0.4 is 5.32 Å². The molecule has 0 saturated heterocycles. The fourth-order valence-corrected chi connectivity index (χ4v) is 2.28. The second-order valence-electron chi connectivity index (χ2n) is 5.29. The Hall–Kier alpha value is -1.13. The molecule has 1 aliphatic rings. The summed E-state index contributed by atoms with van der Waals surface area (Å²) >= 11 is 5.85. The predicted octanol–water partition coefficient (Wildman–Crippen LogP) is 2.30. The van der Waals surface area contributed by atoms with E-state index in [9.17, 15) is 14.3 Å². The highest BCUT2D eigenvalue weighted by molar-refractivity contribution is 6.31. The topological polar surface area (TPSA) is 49.3 Å². The number of rotatable bonds is 5. The van der Waals surface area contributed by atoms with Crippen molar-refractivity contribution in [3.63, 3.8) is 0 Å². The molecule has 2 N–H and O–H groups in total. The van der Waals surface area contributed by atoms with Gasteiger partial charge in [0.2, 0.25) is 5.91 Å². The van der Waals surface area contributed by atoms with Crippen LogP contribution in [0, 0.1) is 11.7 Å². The van der Waals surface area contributed by atoms with E-state index < -0.39 is 11.4 Å². The van der Waals surface area contributed by atoms with E-state index in [1.807, 2.05) is 0 Å². The van der Waals surface area contributed by atoms with Crippen molar-refractivity contribution in [3.05, 3.63) is 34.6 Å². The number of hydrogen-bond donors (Lipinski definition) is 2. The van der Waals surface area contributed by atoms with Crippen molar-refractivity contribution < 1.29 is 14.3 Å². The van der Waals surface area contributed by atoms with E-state index in [4.69, 9.17) is 11.6 Å². The Bertz CT molecular complexity index is 466. The van der Waals surface area contributed by atoms with Crippen molar-refractivity contribution >= 4 is 17.5 Å². The maximum atomic E-state index is 13.5. The normalized spacial score (nSPS) is 17.9. The van der Waals surface area contributed by atoms with Crippen molar-refractivity contribution in [1.82, 2.24) is 5.32 Å². The van der Waals surface area contributed by atoms with Crippen LogP contribution in [0.4, 0.5) is 4.39 Å². The molecular formula is C14H17ClFNO2. The minimum absolute atomic E-state index is 0.119. The van der Waals surface area contributed by atoms with Gasteiger partial charge in [0.15, 0.2) is 0 Å². The monoisotopic (exact) mass is 285 g/mol. The molecular weight excluding hydrogens is 269 g/mol. The molecule has 0 heterocycles. The Kier molecular flexibility index (Phi) is 4.11. The fraction of sp³-hybridized carbons (Fsp3) is 0.500. The number of carbonyl (C=O) groups is 1. The van der Waals surface area contributed by atoms with Crippen LogP contribution in [-0.2, 0) is 11.2 Å². The number of halogens is 2. The van der Waals surface area contributed by atoms with Crippen LogP contribution in [-0.4, -0.2) is 23.2 Å². The van der Waals surface area contributed by atoms with E-state index >= 15 is 0 Å². The summed E-state index contributed by atoms with van der Waals surface area (Å²) in [5.74, 6) is -0.575. The number of carbonyl (C=O) groups excluding carboxylic acids is 1. The molecule has 19 heavy (non-hydrogen) atoms. The number of hydrogen-bond acceptors (Lipinski definition) is 2. The summed E-state index contributed by atoms with van der Waals surface area (Å²) in [6.07, 6.45) is 1.86. The van der Waals surface area contributed by atoms with Gasteiger partial charge in [-0.3, -0.25) is 4.79 Å². The highest BCUT2D eigenvalue weighted by atomic mass is 35.5. The van der Waals surface area contributed by atoms with Gasteiger partial charge in [0.05, 0.1) is 12.0 Å². The average Bonchev–Trinajstić information content (AvgIpc) is 3.16. The molecule has 1 saturated carbocycles. The molecule has 1 atom stereocenters. The second kappa shape index (κ2) is 5.47. The molecule has 5 heteroatoms. The molecule has 1 amide bonds. The second-order valence-corrected chi connectivity index (χ2v) is 5.69. The third-order valence-electron chi connectivity index (χ3n) is 3.50. The van der Waals surface area contributed by atoms with E-state index in [2.05, 4.69) is 5.32 Å². The molecule has 0 radical (unpaired) electrons. The van der Waals surface area contributed by atoms with Crippen LogP contribution in [0.15, 0.2) is 18.2 Å². The zero-order chi connectivity index (χ0) is 14.0. The quantitative estimate of drug-likeness (QED) is 0.872. The maximum absolute atomic E-state index is 13.5. The molecule has 1 aromatic rings. The van der Waals surface area contributed by atoms with Gasteiger partial charge in [-0.25, -0.2) is 4.39 Å². The van der Waals surface area contributed by atoms with Gasteiger partial charge in [-0.05, 0) is 37.8 Å². The van der Waals surface area contributed by atoms with Crippen molar-refractivity contribution in [2.75, 3.05) is 6.54 Å². The molecule has 1 aliphatic carbocycles. The third kappa shape index (κ3) is 3.67. The van der Waals surface area contributed by atoms with Crippen molar-refractivity contribution in [3.8, 4) is 0 Å². The zero-order valence-corrected chi connectivity index (χ0v) is 11.5. The SMILES string of the molecule is C[C@](O)(CNC(=O)Cc1c(F)cccc1Cl)C1CC1. The average molecular weight is 286 g/mol. The number of amides is 1. The molecule has 3 nitrogen and oxygen atoms in total. The molecule has 0 aliphatic heterocycles. The lowest BCUT2D eigenvalue weighted by Crippen LogP contribution is -2.42. The van der Waals surface area contributed by atoms with Gasteiger partial charge < -0.3 is 10.4 Å². The summed E-state index contributed by atoms with van der Waals surface area (Å²) in [4.78, 5) is 11.8. The molecule has 1 fully saturated rings. The lowest BCUT2D eigenvalue weighted by molar-refractivity contribution is -0.121. The van der Waals surface area contributed by atoms with E-state index in [0.29, 0.717) is 0 Å². The zero-order valence-electron chi connectivity index (χ0n) is 10.7. The van der Waals surface area contributed by atoms with Crippen molar-refractivity contribution in [2.45, 2.75) is 31.8 Å². The van der Waals surface area contributed by atoms with Crippen LogP contribution in [0.5, 0.6) is 0 Å². The van der Waals surface area contributed by atoms with Crippen molar-refractivity contribution in [1.29, 1.82) is 0 Å². The van der Waals surface area contributed by atoms with E-state index in [1.165, 1.54) is 12.1 Å². The summed E-state index contributed by atoms with van der Waals surface area (Å²) in [7, 11) is 0. The minimum atomic E-state index is -0.880. The smallest absolute Gasteiger partial charge is 0.224 e. The molecule has 104 valence electrons. The minimum Gasteiger partial charge on any atom is -0.388 e. The Labute approximate surface area is 116 Å². The van der Waals surface area contributed by atoms with Gasteiger partial charge in [-0.1, -0.05) is 17.7 Å². The standard InChI is InChI=1S/C14H17ClFNO2/c1-14(19,9-5-6-9)8-17-13(18)7-10-11(15)3-2-4-12(10)16/h2-4,9,19H,5-8H2,1H3,(H,17,18)/t14-/m0/s1. The molecule has 1 aromatic carbocycles. The first-order valence-corrected chi connectivity index (χ1v) is 6.70. The molecule has 0 unspecified atom stereocenters. The number of nitrogens with one attached hydrogen (secondary N) is 1. The highest BCUT2D eigenvalue weighted by Crippen LogP contribution is 2.39. The first-order valence-electron chi connectivity index (χ1n) is 6.32. The third-order valence-corrected chi connectivity index (χ3v) is 3.85. The summed E-state index contributed by atoms with van der Waals surface area (Å²) in [6.45, 7) is 1.89. The summed E-state index contributed by atoms with van der Waals surface area (Å²) in [5, 5.41) is 12.9. The lowest BCUT2D eigenvalue weighted by atomic mass is 10.0. The van der Waals surface area contributed by atoms with Gasteiger partial charge in [-0.2, -0.15) is 0 Å². The first kappa shape index (κ1) is 14.3. The number of benzene rings is 1. The van der Waals surface area contributed by atoms with Gasteiger partial charge in [0.1, 0.15) is 5.82 Å². The van der Waals surface area contributed by atoms with Crippen LogP contribution in [0.1, 0.15) is 25.3 Å². The predicted molar refractivity (Wildman–Crippen MR) is 71.5 cm³/mol. The largest absolute Gasteiger partial charge is 0.388 e. The highest BCUT2D eigenvalue weighted by Gasteiger charge is 2.39. The fourth-order valence-electron chi connectivity index (χ4n) is 2.05. The van der Waals surface area contributed by atoms with E-state index in [1.54, 1.807) is 13.0 Å². The van der Waals surface area contributed by atoms with Gasteiger partial charge >= 0.3 is 0 Å². The van der Waals surface area contributed by atoms with Crippen molar-refractivity contribution in [2.24, 2.45) is 5.92 Å². The van der Waals surface area contributed by atoms with E-state index in [-0.39, 0.29) is 35.4 Å². The Morgan fingerprint density at radius 2 is 2.26 bits per heavy atom. The lowest BCUT2D eigenvalue weighted by Gasteiger charge is -2.23. The molecule has 0 spiro atoms. The van der Waals surface area contributed by atoms with Gasteiger partial charge in [0.25, 0.3) is 0 Å². The van der Waals surface area contributed by atoms with Crippen LogP contribution >= 0.6 is 11.6 Å². The van der Waals surface area contributed by atoms with Crippen LogP contribution in [0.25, 0.3) is 0 Å². The molecule has 2 rings (SSSR count). The van der Waals surface area contributed by atoms with Crippen LogP contribution in [0.2, 0.25) is 5.02 Å².